The lowest BCUT2D eigenvalue weighted by Gasteiger charge is -2.44. The highest BCUT2D eigenvalue weighted by Gasteiger charge is 2.58. The van der Waals surface area contributed by atoms with Crippen LogP contribution in [0.2, 0.25) is 5.28 Å². The van der Waals surface area contributed by atoms with Crippen LogP contribution in [0.5, 0.6) is 5.75 Å². The zero-order valence-electron chi connectivity index (χ0n) is 13.0. The van der Waals surface area contributed by atoms with E-state index < -0.39 is 14.6 Å². The Hall–Kier alpha value is -1.12. The Balaban J connectivity index is 1.89. The first kappa shape index (κ1) is 15.4. The summed E-state index contributed by atoms with van der Waals surface area (Å²) >= 11 is 6.11. The number of ether oxygens (including phenoxy) is 2. The van der Waals surface area contributed by atoms with Crippen molar-refractivity contribution in [2.45, 2.75) is 36.6 Å². The van der Waals surface area contributed by atoms with Crippen LogP contribution in [0.4, 0.5) is 5.82 Å². The number of rotatable bonds is 2. The third-order valence-electron chi connectivity index (χ3n) is 4.87. The van der Waals surface area contributed by atoms with Crippen molar-refractivity contribution in [2.75, 3.05) is 31.0 Å². The maximum Gasteiger partial charge on any atom is 0.224 e. The standard InChI is InChI=1S/C14H18ClN3O4S/c1-8-5-21-6-9-7-22-10-11(14(3-4-14)23(2,19)20)16-13(15)17-12(10)18(8)9/h8-9H,3-7H2,1-2H3. The van der Waals surface area contributed by atoms with Gasteiger partial charge >= 0.3 is 0 Å². The Morgan fingerprint density at radius 3 is 2.65 bits per heavy atom. The largest absolute Gasteiger partial charge is 0.486 e. The lowest BCUT2D eigenvalue weighted by atomic mass is 10.1. The minimum atomic E-state index is -3.31. The van der Waals surface area contributed by atoms with Gasteiger partial charge in [0.25, 0.3) is 0 Å². The topological polar surface area (TPSA) is 81.6 Å². The first-order valence-electron chi connectivity index (χ1n) is 7.60. The van der Waals surface area contributed by atoms with Crippen LogP contribution >= 0.6 is 11.6 Å². The molecule has 2 aliphatic heterocycles. The van der Waals surface area contributed by atoms with E-state index in [1.54, 1.807) is 0 Å². The molecule has 4 rings (SSSR count). The van der Waals surface area contributed by atoms with E-state index in [2.05, 4.69) is 14.9 Å². The summed E-state index contributed by atoms with van der Waals surface area (Å²) in [5.74, 6) is 1.05. The second-order valence-corrected chi connectivity index (χ2v) is 9.18. The van der Waals surface area contributed by atoms with Gasteiger partial charge in [0.05, 0.1) is 25.3 Å². The van der Waals surface area contributed by atoms with Crippen LogP contribution in [0.15, 0.2) is 0 Å². The van der Waals surface area contributed by atoms with Crippen molar-refractivity contribution in [1.82, 2.24) is 9.97 Å². The Labute approximate surface area is 139 Å². The van der Waals surface area contributed by atoms with Gasteiger partial charge in [-0.25, -0.2) is 13.4 Å². The number of hydrogen-bond acceptors (Lipinski definition) is 7. The summed E-state index contributed by atoms with van der Waals surface area (Å²) in [7, 11) is -3.31. The molecule has 1 saturated carbocycles. The molecular weight excluding hydrogens is 342 g/mol. The fraction of sp³-hybridized carbons (Fsp3) is 0.714. The Bertz CT molecular complexity index is 766. The smallest absolute Gasteiger partial charge is 0.224 e. The monoisotopic (exact) mass is 359 g/mol. The van der Waals surface area contributed by atoms with Gasteiger partial charge < -0.3 is 14.4 Å². The number of fused-ring (bicyclic) bond motifs is 3. The summed E-state index contributed by atoms with van der Waals surface area (Å²) in [6.07, 6.45) is 2.32. The minimum Gasteiger partial charge on any atom is -0.486 e. The highest BCUT2D eigenvalue weighted by atomic mass is 35.5. The number of anilines is 1. The number of hydrogen-bond donors (Lipinski definition) is 0. The van der Waals surface area contributed by atoms with Gasteiger partial charge in [0.15, 0.2) is 21.4 Å². The molecule has 0 aromatic carbocycles. The maximum atomic E-state index is 12.3. The summed E-state index contributed by atoms with van der Waals surface area (Å²) in [4.78, 5) is 10.7. The molecule has 126 valence electrons. The van der Waals surface area contributed by atoms with E-state index in [0.29, 0.717) is 49.9 Å². The highest BCUT2D eigenvalue weighted by molar-refractivity contribution is 7.92. The van der Waals surface area contributed by atoms with Crippen molar-refractivity contribution in [3.8, 4) is 5.75 Å². The van der Waals surface area contributed by atoms with Gasteiger partial charge in [0, 0.05) is 6.26 Å². The second kappa shape index (κ2) is 4.94. The fourth-order valence-corrected chi connectivity index (χ4v) is 5.01. The lowest BCUT2D eigenvalue weighted by Crippen LogP contribution is -2.56. The van der Waals surface area contributed by atoms with E-state index >= 15 is 0 Å². The van der Waals surface area contributed by atoms with E-state index in [4.69, 9.17) is 21.1 Å². The Kier molecular flexibility index (Phi) is 3.31. The SMILES string of the molecule is CC1COCC2COc3c(nc(Cl)nc3C3(S(C)(=O)=O)CC3)N12. The maximum absolute atomic E-state index is 12.3. The molecule has 1 aromatic rings. The minimum absolute atomic E-state index is 0.0524. The van der Waals surface area contributed by atoms with Crippen molar-refractivity contribution in [3.63, 3.8) is 0 Å². The Morgan fingerprint density at radius 1 is 1.26 bits per heavy atom. The second-order valence-electron chi connectivity index (χ2n) is 6.52. The molecule has 0 radical (unpaired) electrons. The van der Waals surface area contributed by atoms with Crippen molar-refractivity contribution in [3.05, 3.63) is 11.0 Å². The van der Waals surface area contributed by atoms with Crippen LogP contribution in [0, 0.1) is 0 Å². The van der Waals surface area contributed by atoms with Crippen molar-refractivity contribution in [2.24, 2.45) is 0 Å². The first-order chi connectivity index (χ1) is 10.8. The third-order valence-corrected chi connectivity index (χ3v) is 7.06. The number of nitrogens with zero attached hydrogens (tertiary/aromatic N) is 3. The van der Waals surface area contributed by atoms with Crippen LogP contribution in [0.25, 0.3) is 0 Å². The molecule has 3 aliphatic rings. The molecule has 7 nitrogen and oxygen atoms in total. The van der Waals surface area contributed by atoms with Crippen LogP contribution in [0.3, 0.4) is 0 Å². The zero-order chi connectivity index (χ0) is 16.4. The normalized spacial score (nSPS) is 28.6. The molecule has 0 spiro atoms. The predicted molar refractivity (Wildman–Crippen MR) is 84.8 cm³/mol. The molecule has 0 N–H and O–H groups in total. The summed E-state index contributed by atoms with van der Waals surface area (Å²) < 4.78 is 35.0. The van der Waals surface area contributed by atoms with E-state index in [-0.39, 0.29) is 17.4 Å². The lowest BCUT2D eigenvalue weighted by molar-refractivity contribution is 0.0483. The van der Waals surface area contributed by atoms with Gasteiger partial charge in [-0.05, 0) is 31.4 Å². The van der Waals surface area contributed by atoms with Gasteiger partial charge in [-0.3, -0.25) is 0 Å². The number of morpholine rings is 1. The van der Waals surface area contributed by atoms with Crippen molar-refractivity contribution >= 4 is 27.3 Å². The fourth-order valence-electron chi connectivity index (χ4n) is 3.51. The van der Waals surface area contributed by atoms with Crippen molar-refractivity contribution < 1.29 is 17.9 Å². The number of halogens is 1. The molecule has 1 aromatic heterocycles. The summed E-state index contributed by atoms with van der Waals surface area (Å²) in [6.45, 7) is 3.61. The zero-order valence-corrected chi connectivity index (χ0v) is 14.5. The van der Waals surface area contributed by atoms with E-state index in [1.165, 1.54) is 6.26 Å². The number of aromatic nitrogens is 2. The van der Waals surface area contributed by atoms with Gasteiger partial charge in [-0.15, -0.1) is 0 Å². The predicted octanol–water partition coefficient (Wildman–Crippen LogP) is 1.15. The molecular formula is C14H18ClN3O4S. The molecule has 1 aliphatic carbocycles. The van der Waals surface area contributed by atoms with Crippen LogP contribution in [-0.2, 0) is 19.3 Å². The molecule has 2 unspecified atom stereocenters. The van der Waals surface area contributed by atoms with Gasteiger partial charge in [-0.1, -0.05) is 0 Å². The highest BCUT2D eigenvalue weighted by Crippen LogP contribution is 2.56. The summed E-state index contributed by atoms with van der Waals surface area (Å²) in [5.41, 5.74) is 0.409. The molecule has 23 heavy (non-hydrogen) atoms. The average molecular weight is 360 g/mol. The van der Waals surface area contributed by atoms with Crippen molar-refractivity contribution in [1.29, 1.82) is 0 Å². The molecule has 3 heterocycles. The molecule has 1 saturated heterocycles. The third kappa shape index (κ3) is 2.22. The van der Waals surface area contributed by atoms with Gasteiger partial charge in [-0.2, -0.15) is 4.98 Å². The van der Waals surface area contributed by atoms with Crippen LogP contribution in [0.1, 0.15) is 25.5 Å². The van der Waals surface area contributed by atoms with E-state index in [1.807, 2.05) is 6.92 Å². The average Bonchev–Trinajstić information content (AvgIpc) is 3.27. The molecule has 2 atom stereocenters. The molecule has 2 fully saturated rings. The van der Waals surface area contributed by atoms with E-state index in [9.17, 15) is 8.42 Å². The van der Waals surface area contributed by atoms with Gasteiger partial charge in [0.1, 0.15) is 17.0 Å². The van der Waals surface area contributed by atoms with Crippen LogP contribution < -0.4 is 9.64 Å². The summed E-state index contributed by atoms with van der Waals surface area (Å²) in [6, 6.07) is 0.169. The first-order valence-corrected chi connectivity index (χ1v) is 9.87. The molecule has 0 amide bonds. The number of sulfone groups is 1. The summed E-state index contributed by atoms with van der Waals surface area (Å²) in [5, 5.41) is 0.0524. The van der Waals surface area contributed by atoms with Crippen LogP contribution in [-0.4, -0.2) is 56.5 Å². The molecule has 0 bridgehead atoms. The van der Waals surface area contributed by atoms with Gasteiger partial charge in [0.2, 0.25) is 5.28 Å². The Morgan fingerprint density at radius 2 is 2.00 bits per heavy atom. The van der Waals surface area contributed by atoms with E-state index in [0.717, 1.165) is 0 Å². The quantitative estimate of drug-likeness (QED) is 0.732. The molecule has 9 heteroatoms.